The summed E-state index contributed by atoms with van der Waals surface area (Å²) in [7, 11) is 1.64. The molecule has 0 amide bonds. The highest BCUT2D eigenvalue weighted by molar-refractivity contribution is 7.71. The van der Waals surface area contributed by atoms with Crippen molar-refractivity contribution in [3.63, 3.8) is 0 Å². The lowest BCUT2D eigenvalue weighted by molar-refractivity contribution is 0.413. The Morgan fingerprint density at radius 1 is 1.37 bits per heavy atom. The van der Waals surface area contributed by atoms with E-state index in [2.05, 4.69) is 15.0 Å². The normalized spacial score (nSPS) is 14.4. The van der Waals surface area contributed by atoms with Gasteiger partial charge in [-0.05, 0) is 25.8 Å². The number of aromatic amines is 1. The van der Waals surface area contributed by atoms with Crippen molar-refractivity contribution in [3.8, 4) is 17.0 Å². The second-order valence-electron chi connectivity index (χ2n) is 4.81. The van der Waals surface area contributed by atoms with E-state index in [4.69, 9.17) is 17.0 Å². The molecule has 0 bridgehead atoms. The summed E-state index contributed by atoms with van der Waals surface area (Å²) in [5, 5.41) is 0. The summed E-state index contributed by atoms with van der Waals surface area (Å²) in [5.41, 5.74) is 2.95. The molecule has 0 radical (unpaired) electrons. The summed E-state index contributed by atoms with van der Waals surface area (Å²) in [4.78, 5) is 12.1. The number of ether oxygens (including phenoxy) is 1. The monoisotopic (exact) mass is 273 g/mol. The van der Waals surface area contributed by atoms with Crippen LogP contribution in [0, 0.1) is 11.6 Å². The van der Waals surface area contributed by atoms with Gasteiger partial charge < -0.3 is 9.72 Å². The highest BCUT2D eigenvalue weighted by Crippen LogP contribution is 2.39. The molecular formula is C14H15N3OS. The molecule has 2 heterocycles. The number of nitrogens with one attached hydrogen (secondary N) is 1. The Hall–Kier alpha value is -1.75. The molecule has 2 aromatic heterocycles. The zero-order valence-corrected chi connectivity index (χ0v) is 11.8. The third kappa shape index (κ3) is 2.38. The van der Waals surface area contributed by atoms with Gasteiger partial charge in [0.05, 0.1) is 19.0 Å². The van der Waals surface area contributed by atoms with Gasteiger partial charge in [0.1, 0.15) is 16.2 Å². The Kier molecular flexibility index (Phi) is 3.06. The Morgan fingerprint density at radius 3 is 2.84 bits per heavy atom. The predicted molar refractivity (Wildman–Crippen MR) is 75.9 cm³/mol. The third-order valence-corrected chi connectivity index (χ3v) is 3.77. The van der Waals surface area contributed by atoms with Crippen molar-refractivity contribution in [1.82, 2.24) is 15.0 Å². The molecule has 1 aliphatic carbocycles. The summed E-state index contributed by atoms with van der Waals surface area (Å²) in [6.07, 6.45) is 5.89. The van der Waals surface area contributed by atoms with E-state index in [1.807, 2.05) is 19.2 Å². The topological polar surface area (TPSA) is 50.8 Å². The SMILES string of the molecule is COc1cncc(-c2[nH]c(C3CC3)nc(=S)c2C)c1. The fraction of sp³-hybridized carbons (Fsp3) is 0.357. The molecule has 1 saturated carbocycles. The number of hydrogen-bond acceptors (Lipinski definition) is 4. The van der Waals surface area contributed by atoms with Gasteiger partial charge in [0, 0.05) is 23.2 Å². The number of rotatable bonds is 3. The molecule has 0 aromatic carbocycles. The van der Waals surface area contributed by atoms with E-state index in [1.165, 1.54) is 12.8 Å². The van der Waals surface area contributed by atoms with Gasteiger partial charge in [-0.1, -0.05) is 12.2 Å². The minimum atomic E-state index is 0.541. The summed E-state index contributed by atoms with van der Waals surface area (Å²) in [6.45, 7) is 1.98. The maximum absolute atomic E-state index is 5.35. The largest absolute Gasteiger partial charge is 0.495 e. The molecule has 0 saturated heterocycles. The van der Waals surface area contributed by atoms with Gasteiger partial charge in [-0.15, -0.1) is 0 Å². The zero-order chi connectivity index (χ0) is 13.4. The van der Waals surface area contributed by atoms with Crippen molar-refractivity contribution in [1.29, 1.82) is 0 Å². The molecule has 19 heavy (non-hydrogen) atoms. The molecule has 5 heteroatoms. The van der Waals surface area contributed by atoms with Gasteiger partial charge in [0.2, 0.25) is 0 Å². The van der Waals surface area contributed by atoms with Crippen molar-refractivity contribution < 1.29 is 4.74 Å². The Labute approximate surface area is 116 Å². The fourth-order valence-corrected chi connectivity index (χ4v) is 2.26. The number of nitrogens with zero attached hydrogens (tertiary/aromatic N) is 2. The van der Waals surface area contributed by atoms with Gasteiger partial charge in [-0.3, -0.25) is 4.98 Å². The van der Waals surface area contributed by atoms with Crippen LogP contribution >= 0.6 is 12.2 Å². The molecule has 0 unspecified atom stereocenters. The van der Waals surface area contributed by atoms with E-state index < -0.39 is 0 Å². The van der Waals surface area contributed by atoms with Crippen LogP contribution in [0.1, 0.15) is 30.1 Å². The third-order valence-electron chi connectivity index (χ3n) is 3.37. The lowest BCUT2D eigenvalue weighted by Gasteiger charge is -2.10. The molecule has 3 rings (SSSR count). The van der Waals surface area contributed by atoms with Gasteiger partial charge in [0.25, 0.3) is 0 Å². The van der Waals surface area contributed by atoms with Crippen LogP contribution in [0.4, 0.5) is 0 Å². The van der Waals surface area contributed by atoms with Crippen molar-refractivity contribution in [3.05, 3.63) is 34.5 Å². The smallest absolute Gasteiger partial charge is 0.137 e. The molecule has 1 N–H and O–H groups in total. The van der Waals surface area contributed by atoms with E-state index in [0.717, 1.165) is 28.4 Å². The summed E-state index contributed by atoms with van der Waals surface area (Å²) in [6, 6.07) is 1.96. The molecule has 1 fully saturated rings. The molecule has 0 aliphatic heterocycles. The van der Waals surface area contributed by atoms with Crippen LogP contribution in [0.2, 0.25) is 0 Å². The van der Waals surface area contributed by atoms with Gasteiger partial charge in [-0.2, -0.15) is 0 Å². The van der Waals surface area contributed by atoms with Crippen LogP contribution in [-0.4, -0.2) is 22.1 Å². The van der Waals surface area contributed by atoms with Crippen molar-refractivity contribution >= 4 is 12.2 Å². The highest BCUT2D eigenvalue weighted by atomic mass is 32.1. The number of aromatic nitrogens is 3. The Balaban J connectivity index is 2.14. The van der Waals surface area contributed by atoms with Crippen molar-refractivity contribution in [2.75, 3.05) is 7.11 Å². The maximum Gasteiger partial charge on any atom is 0.137 e. The zero-order valence-electron chi connectivity index (χ0n) is 10.9. The molecule has 2 aromatic rings. The van der Waals surface area contributed by atoms with Crippen LogP contribution in [0.15, 0.2) is 18.5 Å². The minimum absolute atomic E-state index is 0.541. The van der Waals surface area contributed by atoms with E-state index >= 15 is 0 Å². The molecule has 0 spiro atoms. The number of pyridine rings is 1. The number of H-pyrrole nitrogens is 1. The first-order valence-electron chi connectivity index (χ1n) is 6.29. The molecule has 0 atom stereocenters. The second kappa shape index (κ2) is 4.74. The van der Waals surface area contributed by atoms with Crippen LogP contribution in [0.5, 0.6) is 5.75 Å². The van der Waals surface area contributed by atoms with E-state index in [9.17, 15) is 0 Å². The molecule has 4 nitrogen and oxygen atoms in total. The minimum Gasteiger partial charge on any atom is -0.495 e. The lowest BCUT2D eigenvalue weighted by atomic mass is 10.1. The lowest BCUT2D eigenvalue weighted by Crippen LogP contribution is -1.99. The van der Waals surface area contributed by atoms with E-state index in [1.54, 1.807) is 13.3 Å². The van der Waals surface area contributed by atoms with Crippen molar-refractivity contribution in [2.45, 2.75) is 25.7 Å². The van der Waals surface area contributed by atoms with Crippen LogP contribution < -0.4 is 4.74 Å². The Bertz CT molecular complexity index is 677. The van der Waals surface area contributed by atoms with Gasteiger partial charge >= 0.3 is 0 Å². The first kappa shape index (κ1) is 12.3. The van der Waals surface area contributed by atoms with Gasteiger partial charge in [-0.25, -0.2) is 4.98 Å². The number of hydrogen-bond donors (Lipinski definition) is 1. The fourth-order valence-electron chi connectivity index (χ4n) is 2.06. The maximum atomic E-state index is 5.35. The van der Waals surface area contributed by atoms with Crippen LogP contribution in [-0.2, 0) is 0 Å². The van der Waals surface area contributed by atoms with E-state index in [-0.39, 0.29) is 0 Å². The number of methoxy groups -OCH3 is 1. The molecule has 98 valence electrons. The van der Waals surface area contributed by atoms with Crippen LogP contribution in [0.3, 0.4) is 0 Å². The first-order valence-corrected chi connectivity index (χ1v) is 6.70. The summed E-state index contributed by atoms with van der Waals surface area (Å²) in [5.74, 6) is 2.27. The second-order valence-corrected chi connectivity index (χ2v) is 5.20. The van der Waals surface area contributed by atoms with Crippen LogP contribution in [0.25, 0.3) is 11.3 Å². The Morgan fingerprint density at radius 2 is 2.16 bits per heavy atom. The highest BCUT2D eigenvalue weighted by Gasteiger charge is 2.26. The standard InChI is InChI=1S/C14H15N3OS/c1-8-12(10-5-11(18-2)7-15-6-10)16-13(9-3-4-9)17-14(8)19/h5-7,9H,3-4H2,1-2H3,(H,16,17,19). The average Bonchev–Trinajstić information content (AvgIpc) is 3.26. The quantitative estimate of drug-likeness (QED) is 0.871. The molecular weight excluding hydrogens is 258 g/mol. The van der Waals surface area contributed by atoms with E-state index in [0.29, 0.717) is 10.6 Å². The van der Waals surface area contributed by atoms with Gasteiger partial charge in [0.15, 0.2) is 0 Å². The molecule has 1 aliphatic rings. The summed E-state index contributed by atoms with van der Waals surface area (Å²) < 4.78 is 5.88. The predicted octanol–water partition coefficient (Wildman–Crippen LogP) is 3.40. The summed E-state index contributed by atoms with van der Waals surface area (Å²) >= 11 is 5.35. The first-order chi connectivity index (χ1) is 9.19. The average molecular weight is 273 g/mol. The van der Waals surface area contributed by atoms with Crippen molar-refractivity contribution in [2.24, 2.45) is 0 Å².